The molecule has 0 amide bonds. The summed E-state index contributed by atoms with van der Waals surface area (Å²) in [5, 5.41) is 0. The van der Waals surface area contributed by atoms with Crippen LogP contribution in [0.2, 0.25) is 0 Å². The third-order valence-electron chi connectivity index (χ3n) is 8.04. The van der Waals surface area contributed by atoms with Crippen LogP contribution in [0.3, 0.4) is 0 Å². The van der Waals surface area contributed by atoms with Gasteiger partial charge in [0.15, 0.2) is 6.10 Å². The Morgan fingerprint density at radius 2 is 0.767 bits per heavy atom. The number of rotatable bonds is 32. The van der Waals surface area contributed by atoms with E-state index in [0.717, 1.165) is 70.1 Å². The van der Waals surface area contributed by atoms with Crippen LogP contribution in [-0.2, 0) is 28.6 Å². The Bertz CT molecular complexity index is 647. The van der Waals surface area contributed by atoms with Crippen LogP contribution in [0.4, 0.5) is 0 Å². The Kier molecular flexibility index (Phi) is 30.6. The summed E-state index contributed by atoms with van der Waals surface area (Å²) in [6.45, 7) is 8.79. The molecule has 0 N–H and O–H groups in total. The first-order chi connectivity index (χ1) is 20.9. The standard InChI is InChI=1S/C37H70O6/c1-5-7-9-11-12-13-14-15-16-21-24-28-35(38)41-31-34(43-37(40)30-26-19-10-8-6-2)32-42-36(39)29-25-22-18-17-20-23-27-33(3)4/h33-34H,5-32H2,1-4H3/t34-/m0/s1. The lowest BCUT2D eigenvalue weighted by Crippen LogP contribution is -2.30. The first-order valence-corrected chi connectivity index (χ1v) is 18.4. The number of unbranched alkanes of at least 4 members (excludes halogenated alkanes) is 19. The van der Waals surface area contributed by atoms with Gasteiger partial charge in [0, 0.05) is 19.3 Å². The van der Waals surface area contributed by atoms with Crippen LogP contribution < -0.4 is 0 Å². The van der Waals surface area contributed by atoms with E-state index < -0.39 is 6.10 Å². The molecule has 0 aromatic heterocycles. The average Bonchev–Trinajstić information content (AvgIpc) is 2.98. The van der Waals surface area contributed by atoms with Crippen LogP contribution in [0.15, 0.2) is 0 Å². The highest BCUT2D eigenvalue weighted by Gasteiger charge is 2.19. The van der Waals surface area contributed by atoms with Gasteiger partial charge in [-0.1, -0.05) is 156 Å². The molecule has 0 aliphatic carbocycles. The molecule has 0 heterocycles. The molecular weight excluding hydrogens is 540 g/mol. The molecule has 0 bridgehead atoms. The van der Waals surface area contributed by atoms with E-state index in [-0.39, 0.29) is 31.1 Å². The van der Waals surface area contributed by atoms with Crippen molar-refractivity contribution in [1.29, 1.82) is 0 Å². The fourth-order valence-electron chi connectivity index (χ4n) is 5.21. The van der Waals surface area contributed by atoms with E-state index in [1.54, 1.807) is 0 Å². The largest absolute Gasteiger partial charge is 0.462 e. The highest BCUT2D eigenvalue weighted by atomic mass is 16.6. The second kappa shape index (κ2) is 31.8. The van der Waals surface area contributed by atoms with Gasteiger partial charge in [-0.25, -0.2) is 0 Å². The van der Waals surface area contributed by atoms with Crippen molar-refractivity contribution in [2.24, 2.45) is 5.92 Å². The molecule has 0 rings (SSSR count). The molecular formula is C37H70O6. The second-order valence-electron chi connectivity index (χ2n) is 13.0. The van der Waals surface area contributed by atoms with E-state index in [0.29, 0.717) is 19.3 Å². The zero-order valence-corrected chi connectivity index (χ0v) is 28.9. The summed E-state index contributed by atoms with van der Waals surface area (Å²) in [6, 6.07) is 0. The van der Waals surface area contributed by atoms with Crippen molar-refractivity contribution in [2.45, 2.75) is 201 Å². The molecule has 1 atom stereocenters. The van der Waals surface area contributed by atoms with Gasteiger partial charge in [0.1, 0.15) is 13.2 Å². The Morgan fingerprint density at radius 3 is 1.14 bits per heavy atom. The summed E-state index contributed by atoms with van der Waals surface area (Å²) in [5.41, 5.74) is 0. The second-order valence-corrected chi connectivity index (χ2v) is 13.0. The van der Waals surface area contributed by atoms with Gasteiger partial charge in [0.25, 0.3) is 0 Å². The minimum absolute atomic E-state index is 0.0674. The van der Waals surface area contributed by atoms with E-state index >= 15 is 0 Å². The van der Waals surface area contributed by atoms with Crippen LogP contribution in [-0.4, -0.2) is 37.2 Å². The third kappa shape index (κ3) is 31.6. The molecule has 0 aliphatic rings. The molecule has 0 saturated heterocycles. The SMILES string of the molecule is CCCCCCCCCCCCCC(=O)OC[C@@H](COC(=O)CCCCCCCCC(C)C)OC(=O)CCCCCCC. The predicted molar refractivity (Wildman–Crippen MR) is 178 cm³/mol. The van der Waals surface area contributed by atoms with Crippen molar-refractivity contribution in [3.05, 3.63) is 0 Å². The van der Waals surface area contributed by atoms with E-state index in [2.05, 4.69) is 27.7 Å². The van der Waals surface area contributed by atoms with Gasteiger partial charge in [0.2, 0.25) is 0 Å². The quantitative estimate of drug-likeness (QED) is 0.0428. The zero-order chi connectivity index (χ0) is 31.8. The first-order valence-electron chi connectivity index (χ1n) is 18.4. The van der Waals surface area contributed by atoms with Gasteiger partial charge in [0.05, 0.1) is 0 Å². The Balaban J connectivity index is 4.26. The summed E-state index contributed by atoms with van der Waals surface area (Å²) in [4.78, 5) is 37.1. The molecule has 254 valence electrons. The zero-order valence-electron chi connectivity index (χ0n) is 28.9. The molecule has 0 spiro atoms. The summed E-state index contributed by atoms with van der Waals surface area (Å²) in [7, 11) is 0. The lowest BCUT2D eigenvalue weighted by atomic mass is 10.0. The highest BCUT2D eigenvalue weighted by Crippen LogP contribution is 2.14. The van der Waals surface area contributed by atoms with E-state index in [1.165, 1.54) is 83.5 Å². The van der Waals surface area contributed by atoms with Crippen molar-refractivity contribution in [2.75, 3.05) is 13.2 Å². The molecule has 6 heteroatoms. The fraction of sp³-hybridized carbons (Fsp3) is 0.919. The summed E-state index contributed by atoms with van der Waals surface area (Å²) in [5.74, 6) is -0.123. The number of carbonyl (C=O) groups excluding carboxylic acids is 3. The van der Waals surface area contributed by atoms with Gasteiger partial charge in [-0.2, -0.15) is 0 Å². The van der Waals surface area contributed by atoms with Crippen LogP contribution in [0.25, 0.3) is 0 Å². The van der Waals surface area contributed by atoms with Crippen LogP contribution in [0, 0.1) is 5.92 Å². The van der Waals surface area contributed by atoms with E-state index in [9.17, 15) is 14.4 Å². The molecule has 0 unspecified atom stereocenters. The monoisotopic (exact) mass is 611 g/mol. The minimum atomic E-state index is -0.755. The summed E-state index contributed by atoms with van der Waals surface area (Å²) in [6.07, 6.45) is 27.0. The van der Waals surface area contributed by atoms with Crippen LogP contribution in [0.1, 0.15) is 195 Å². The Morgan fingerprint density at radius 1 is 0.442 bits per heavy atom. The molecule has 6 nitrogen and oxygen atoms in total. The maximum atomic E-state index is 12.4. The number of ether oxygens (including phenoxy) is 3. The topological polar surface area (TPSA) is 78.9 Å². The van der Waals surface area contributed by atoms with Gasteiger partial charge >= 0.3 is 17.9 Å². The van der Waals surface area contributed by atoms with Crippen LogP contribution >= 0.6 is 0 Å². The molecule has 0 fully saturated rings. The van der Waals surface area contributed by atoms with E-state index in [1.807, 2.05) is 0 Å². The molecule has 43 heavy (non-hydrogen) atoms. The highest BCUT2D eigenvalue weighted by molar-refractivity contribution is 5.71. The number of carbonyl (C=O) groups is 3. The average molecular weight is 611 g/mol. The Labute approximate surface area is 266 Å². The predicted octanol–water partition coefficient (Wildman–Crippen LogP) is 10.8. The van der Waals surface area contributed by atoms with Crippen molar-refractivity contribution in [3.63, 3.8) is 0 Å². The first kappa shape index (κ1) is 41.4. The van der Waals surface area contributed by atoms with Crippen molar-refractivity contribution in [1.82, 2.24) is 0 Å². The number of hydrogen-bond donors (Lipinski definition) is 0. The van der Waals surface area contributed by atoms with E-state index in [4.69, 9.17) is 14.2 Å². The maximum Gasteiger partial charge on any atom is 0.306 e. The summed E-state index contributed by atoms with van der Waals surface area (Å²) < 4.78 is 16.4. The fourth-order valence-corrected chi connectivity index (χ4v) is 5.21. The smallest absolute Gasteiger partial charge is 0.306 e. The lowest BCUT2D eigenvalue weighted by Gasteiger charge is -2.18. The number of esters is 3. The van der Waals surface area contributed by atoms with Crippen molar-refractivity contribution >= 4 is 17.9 Å². The molecule has 0 aromatic carbocycles. The maximum absolute atomic E-state index is 12.4. The molecule has 0 radical (unpaired) electrons. The third-order valence-corrected chi connectivity index (χ3v) is 8.04. The minimum Gasteiger partial charge on any atom is -0.462 e. The molecule has 0 aliphatic heterocycles. The molecule has 0 saturated carbocycles. The van der Waals surface area contributed by atoms with Crippen molar-refractivity contribution in [3.8, 4) is 0 Å². The van der Waals surface area contributed by atoms with Gasteiger partial charge in [-0.3, -0.25) is 14.4 Å². The summed E-state index contributed by atoms with van der Waals surface area (Å²) >= 11 is 0. The molecule has 0 aromatic rings. The van der Waals surface area contributed by atoms with Crippen molar-refractivity contribution < 1.29 is 28.6 Å². The lowest BCUT2D eigenvalue weighted by molar-refractivity contribution is -0.167. The normalized spacial score (nSPS) is 11.9. The van der Waals surface area contributed by atoms with Gasteiger partial charge in [-0.15, -0.1) is 0 Å². The van der Waals surface area contributed by atoms with Gasteiger partial charge in [-0.05, 0) is 25.2 Å². The Hall–Kier alpha value is -1.59. The van der Waals surface area contributed by atoms with Gasteiger partial charge < -0.3 is 14.2 Å². The number of hydrogen-bond acceptors (Lipinski definition) is 6. The van der Waals surface area contributed by atoms with Crippen LogP contribution in [0.5, 0.6) is 0 Å².